The fraction of sp³-hybridized carbons (Fsp3) is 0.889. The first kappa shape index (κ1) is 31.7. The highest BCUT2D eigenvalue weighted by Crippen LogP contribution is 2.55. The van der Waals surface area contributed by atoms with Crippen LogP contribution in [0.1, 0.15) is 75.7 Å². The number of fused-ring (bicyclic) bond motifs is 1. The number of carbonyl (C=O) groups excluding carboxylic acids is 1. The van der Waals surface area contributed by atoms with E-state index < -0.39 is 41.2 Å². The molecule has 1 N–H and O–H groups in total. The fourth-order valence-corrected chi connectivity index (χ4v) is 11.6. The zero-order valence-corrected chi connectivity index (χ0v) is 26.9. The Labute approximate surface area is 221 Å². The van der Waals surface area contributed by atoms with Gasteiger partial charge in [0.2, 0.25) is 0 Å². The Kier molecular flexibility index (Phi) is 9.59. The van der Waals surface area contributed by atoms with Crippen molar-refractivity contribution in [3.05, 3.63) is 12.2 Å². The molecule has 9 heteroatoms. The van der Waals surface area contributed by atoms with Gasteiger partial charge >= 0.3 is 14.5 Å². The molecule has 2 fully saturated rings. The van der Waals surface area contributed by atoms with Crippen LogP contribution in [0.15, 0.2) is 12.2 Å². The van der Waals surface area contributed by atoms with Gasteiger partial charge in [-0.2, -0.15) is 0 Å². The minimum absolute atomic E-state index is 0.0138. The van der Waals surface area contributed by atoms with Crippen molar-refractivity contribution in [2.24, 2.45) is 5.92 Å². The fourth-order valence-electron chi connectivity index (χ4n) is 5.27. The van der Waals surface area contributed by atoms with Crippen LogP contribution in [0.2, 0.25) is 28.2 Å². The van der Waals surface area contributed by atoms with Gasteiger partial charge in [-0.05, 0) is 24.2 Å². The van der Waals surface area contributed by atoms with Crippen LogP contribution < -0.4 is 0 Å². The average molecular weight is 545 g/mol. The summed E-state index contributed by atoms with van der Waals surface area (Å²) >= 11 is 0. The summed E-state index contributed by atoms with van der Waals surface area (Å²) in [5.41, 5.74) is 0. The number of methoxy groups -OCH3 is 1. The monoisotopic (exact) mass is 544 g/mol. The van der Waals surface area contributed by atoms with Gasteiger partial charge in [-0.3, -0.25) is 0 Å². The first-order valence-electron chi connectivity index (χ1n) is 13.3. The van der Waals surface area contributed by atoms with Crippen molar-refractivity contribution < 1.29 is 32.7 Å². The van der Waals surface area contributed by atoms with E-state index in [0.717, 1.165) is 0 Å². The summed E-state index contributed by atoms with van der Waals surface area (Å²) in [6.45, 7) is 26.5. The van der Waals surface area contributed by atoms with Crippen LogP contribution >= 0.6 is 0 Å². The molecule has 0 bridgehead atoms. The number of carbonyl (C=O) groups is 1. The van der Waals surface area contributed by atoms with Crippen LogP contribution in [0.25, 0.3) is 0 Å². The van der Waals surface area contributed by atoms with E-state index in [1.54, 1.807) is 6.08 Å². The molecule has 0 radical (unpaired) electrons. The van der Waals surface area contributed by atoms with Crippen LogP contribution in [0.5, 0.6) is 0 Å². The molecule has 0 aromatic carbocycles. The Morgan fingerprint density at radius 1 is 1.06 bits per heavy atom. The lowest BCUT2D eigenvalue weighted by Crippen LogP contribution is -2.68. The van der Waals surface area contributed by atoms with Gasteiger partial charge in [0.05, 0.1) is 38.1 Å². The highest BCUT2D eigenvalue weighted by Gasteiger charge is 2.63. The molecule has 2 heterocycles. The van der Waals surface area contributed by atoms with Gasteiger partial charge in [-0.25, -0.2) is 4.79 Å². The number of hydrogen-bond donors (Lipinski definition) is 1. The van der Waals surface area contributed by atoms with E-state index in [0.29, 0.717) is 13.0 Å². The first-order valence-corrected chi connectivity index (χ1v) is 18.0. The Hall–Kier alpha value is -0.556. The van der Waals surface area contributed by atoms with E-state index in [-0.39, 0.29) is 33.2 Å². The summed E-state index contributed by atoms with van der Waals surface area (Å²) in [4.78, 5) is 11.9. The van der Waals surface area contributed by atoms with E-state index in [9.17, 15) is 9.90 Å². The van der Waals surface area contributed by atoms with Gasteiger partial charge in [-0.1, -0.05) is 69.2 Å². The number of hydrogen-bond acceptors (Lipinski definition) is 7. The largest absolute Gasteiger partial charge is 0.466 e. The maximum Gasteiger partial charge on any atom is 0.349 e. The zero-order valence-electron chi connectivity index (χ0n) is 24.9. The third-order valence-corrected chi connectivity index (χ3v) is 17.9. The number of rotatable bonds is 6. The Morgan fingerprint density at radius 3 is 2.08 bits per heavy atom. The van der Waals surface area contributed by atoms with E-state index in [4.69, 9.17) is 22.8 Å². The van der Waals surface area contributed by atoms with Crippen molar-refractivity contribution in [2.45, 2.75) is 134 Å². The van der Waals surface area contributed by atoms with Crippen molar-refractivity contribution in [1.82, 2.24) is 0 Å². The van der Waals surface area contributed by atoms with E-state index >= 15 is 0 Å². The minimum Gasteiger partial charge on any atom is -0.466 e. The molecule has 2 aliphatic heterocycles. The van der Waals surface area contributed by atoms with Crippen molar-refractivity contribution >= 4 is 22.8 Å². The predicted octanol–water partition coefficient (Wildman–Crippen LogP) is 5.72. The Balaban J connectivity index is 2.29. The lowest BCUT2D eigenvalue weighted by Gasteiger charge is -2.57. The number of aliphatic hydroxyl groups is 1. The first-order chi connectivity index (χ1) is 16.2. The lowest BCUT2D eigenvalue weighted by molar-refractivity contribution is -0.215. The van der Waals surface area contributed by atoms with Crippen LogP contribution in [0.3, 0.4) is 0 Å². The summed E-state index contributed by atoms with van der Waals surface area (Å²) in [7, 11) is -3.47. The van der Waals surface area contributed by atoms with Gasteiger partial charge in [0.1, 0.15) is 6.10 Å². The minimum atomic E-state index is -2.65. The van der Waals surface area contributed by atoms with Crippen LogP contribution in [0, 0.1) is 5.92 Å². The molecule has 210 valence electrons. The third-order valence-electron chi connectivity index (χ3n) is 8.24. The highest BCUT2D eigenvalue weighted by atomic mass is 28.4. The Bertz CT molecular complexity index is 777. The van der Waals surface area contributed by atoms with Gasteiger partial charge in [0.15, 0.2) is 8.32 Å². The molecular formula is C27H52O7Si2. The summed E-state index contributed by atoms with van der Waals surface area (Å²) in [5, 5.41) is 11.0. The van der Waals surface area contributed by atoms with Gasteiger partial charge in [0, 0.05) is 28.5 Å². The predicted molar refractivity (Wildman–Crippen MR) is 148 cm³/mol. The smallest absolute Gasteiger partial charge is 0.349 e. The standard InChI is InChI=1S/C27H52O7Si2/c1-18(20(14-15-23(29)30-11)33-35(12,13)25(2,3)4)24-19(28)16-21-22(32-24)17-31-36(34-21,26(5,6)7)27(8,9)10/h14-15,18-22,24,28H,16-17H2,1-13H3/b15-14+/t18-,19+,20?,21-,22-,24+/m1/s1. The highest BCUT2D eigenvalue weighted by molar-refractivity contribution is 6.74. The van der Waals surface area contributed by atoms with Gasteiger partial charge < -0.3 is 27.9 Å². The van der Waals surface area contributed by atoms with Crippen molar-refractivity contribution in [2.75, 3.05) is 13.7 Å². The second-order valence-corrected chi connectivity index (χ2v) is 23.6. The molecule has 7 nitrogen and oxygen atoms in total. The van der Waals surface area contributed by atoms with Gasteiger partial charge in [0.25, 0.3) is 0 Å². The molecule has 0 saturated carbocycles. The summed E-state index contributed by atoms with van der Waals surface area (Å²) < 4.78 is 31.5. The molecule has 0 spiro atoms. The second kappa shape index (κ2) is 10.9. The van der Waals surface area contributed by atoms with E-state index in [1.807, 2.05) is 6.92 Å². The van der Waals surface area contributed by atoms with Crippen molar-refractivity contribution in [1.29, 1.82) is 0 Å². The number of aliphatic hydroxyl groups excluding tert-OH is 1. The summed E-state index contributed by atoms with van der Waals surface area (Å²) in [5.74, 6) is -0.638. The molecule has 36 heavy (non-hydrogen) atoms. The lowest BCUT2D eigenvalue weighted by atomic mass is 9.87. The molecular weight excluding hydrogens is 492 g/mol. The molecule has 2 aliphatic rings. The molecule has 0 aromatic rings. The van der Waals surface area contributed by atoms with Crippen LogP contribution in [-0.4, -0.2) is 72.2 Å². The Morgan fingerprint density at radius 2 is 1.61 bits per heavy atom. The number of esters is 1. The van der Waals surface area contributed by atoms with Crippen molar-refractivity contribution in [3.8, 4) is 0 Å². The van der Waals surface area contributed by atoms with E-state index in [2.05, 4.69) is 75.4 Å². The maximum absolute atomic E-state index is 11.9. The molecule has 6 atom stereocenters. The average Bonchev–Trinajstić information content (AvgIpc) is 2.72. The quantitative estimate of drug-likeness (QED) is 0.260. The molecule has 0 aromatic heterocycles. The molecule has 2 rings (SSSR count). The normalized spacial score (nSPS) is 29.5. The summed E-state index contributed by atoms with van der Waals surface area (Å²) in [6.07, 6.45) is 1.56. The molecule has 0 amide bonds. The van der Waals surface area contributed by atoms with Gasteiger partial charge in [-0.15, -0.1) is 0 Å². The second-order valence-electron chi connectivity index (χ2n) is 14.1. The molecule has 1 unspecified atom stereocenters. The SMILES string of the molecule is COC(=O)/C=C/C(O[Si](C)(C)C(C)(C)C)[C@@H](C)[C@@H]1O[C@@H]2CO[Si](C(C)(C)C)(C(C)(C)C)O[C@@H]2C[C@@H]1O. The topological polar surface area (TPSA) is 83.5 Å². The zero-order chi connectivity index (χ0) is 27.9. The van der Waals surface area contributed by atoms with E-state index in [1.165, 1.54) is 13.2 Å². The maximum atomic E-state index is 11.9. The van der Waals surface area contributed by atoms with Crippen LogP contribution in [-0.2, 0) is 27.5 Å². The number of ether oxygens (including phenoxy) is 2. The molecule has 0 aliphatic carbocycles. The third kappa shape index (κ3) is 6.53. The van der Waals surface area contributed by atoms with Crippen molar-refractivity contribution in [3.63, 3.8) is 0 Å². The summed E-state index contributed by atoms with van der Waals surface area (Å²) in [6, 6.07) is 0. The molecule has 2 saturated heterocycles. The van der Waals surface area contributed by atoms with Crippen LogP contribution in [0.4, 0.5) is 0 Å².